The fourth-order valence-corrected chi connectivity index (χ4v) is 2.86. The average Bonchev–Trinajstić information content (AvgIpc) is 2.91. The number of nitrogens with one attached hydrogen (secondary N) is 1. The number of hydrazine groups is 1. The number of benzene rings is 1. The van der Waals surface area contributed by atoms with Crippen molar-refractivity contribution in [3.8, 4) is 0 Å². The number of alkyl halides is 3. The Morgan fingerprint density at radius 1 is 1.24 bits per heavy atom. The highest BCUT2D eigenvalue weighted by atomic mass is 32.1. The van der Waals surface area contributed by atoms with Gasteiger partial charge in [0, 0.05) is 6.04 Å². The molecule has 0 aliphatic heterocycles. The number of nitrogens with two attached hydrogens (primary N) is 1. The van der Waals surface area contributed by atoms with E-state index in [1.54, 1.807) is 0 Å². The SMILES string of the molecule is NNC(CCc1ccsc1)c1cc(F)ccc1C(F)(F)F. The molecule has 0 bridgehead atoms. The van der Waals surface area contributed by atoms with Crippen LogP contribution in [-0.2, 0) is 12.6 Å². The van der Waals surface area contributed by atoms with Gasteiger partial charge in [-0.3, -0.25) is 11.3 Å². The van der Waals surface area contributed by atoms with Gasteiger partial charge in [-0.1, -0.05) is 0 Å². The third-order valence-corrected chi connectivity index (χ3v) is 3.93. The quantitative estimate of drug-likeness (QED) is 0.496. The summed E-state index contributed by atoms with van der Waals surface area (Å²) in [5.74, 6) is 4.66. The van der Waals surface area contributed by atoms with Crippen LogP contribution < -0.4 is 11.3 Å². The van der Waals surface area contributed by atoms with E-state index in [1.165, 1.54) is 11.3 Å². The Labute approximate surface area is 123 Å². The van der Waals surface area contributed by atoms with Gasteiger partial charge in [-0.15, -0.1) is 0 Å². The van der Waals surface area contributed by atoms with Crippen LogP contribution in [0.3, 0.4) is 0 Å². The zero-order valence-electron chi connectivity index (χ0n) is 11.0. The molecule has 1 unspecified atom stereocenters. The van der Waals surface area contributed by atoms with E-state index in [2.05, 4.69) is 5.43 Å². The molecule has 1 aromatic heterocycles. The molecule has 0 aliphatic rings. The van der Waals surface area contributed by atoms with E-state index in [0.717, 1.165) is 23.8 Å². The molecule has 2 aromatic rings. The van der Waals surface area contributed by atoms with Gasteiger partial charge in [0.2, 0.25) is 0 Å². The summed E-state index contributed by atoms with van der Waals surface area (Å²) in [6.07, 6.45) is -3.63. The second-order valence-electron chi connectivity index (χ2n) is 4.62. The summed E-state index contributed by atoms with van der Waals surface area (Å²) in [4.78, 5) is 0. The molecule has 1 heterocycles. The van der Waals surface area contributed by atoms with Crippen molar-refractivity contribution in [2.45, 2.75) is 25.1 Å². The van der Waals surface area contributed by atoms with Crippen molar-refractivity contribution in [3.05, 3.63) is 57.5 Å². The lowest BCUT2D eigenvalue weighted by Gasteiger charge is -2.21. The third kappa shape index (κ3) is 4.03. The van der Waals surface area contributed by atoms with Crippen molar-refractivity contribution < 1.29 is 17.6 Å². The molecule has 21 heavy (non-hydrogen) atoms. The van der Waals surface area contributed by atoms with Crippen LogP contribution in [0, 0.1) is 5.82 Å². The molecule has 0 saturated heterocycles. The first kappa shape index (κ1) is 15.9. The normalized spacial score (nSPS) is 13.4. The fourth-order valence-electron chi connectivity index (χ4n) is 2.15. The van der Waals surface area contributed by atoms with E-state index in [-0.39, 0.29) is 5.56 Å². The largest absolute Gasteiger partial charge is 0.416 e. The Morgan fingerprint density at radius 2 is 2.00 bits per heavy atom. The highest BCUT2D eigenvalue weighted by Crippen LogP contribution is 2.36. The van der Waals surface area contributed by atoms with Gasteiger partial charge in [-0.05, 0) is 59.0 Å². The van der Waals surface area contributed by atoms with Gasteiger partial charge < -0.3 is 0 Å². The van der Waals surface area contributed by atoms with Crippen molar-refractivity contribution in [1.82, 2.24) is 5.43 Å². The van der Waals surface area contributed by atoms with Gasteiger partial charge in [0.05, 0.1) is 5.56 Å². The van der Waals surface area contributed by atoms with E-state index in [9.17, 15) is 17.6 Å². The Bertz CT molecular complexity index is 581. The van der Waals surface area contributed by atoms with Crippen LogP contribution in [-0.4, -0.2) is 0 Å². The van der Waals surface area contributed by atoms with Crippen molar-refractivity contribution in [3.63, 3.8) is 0 Å². The predicted molar refractivity (Wildman–Crippen MR) is 74.1 cm³/mol. The summed E-state index contributed by atoms with van der Waals surface area (Å²) in [5, 5.41) is 3.81. The smallest absolute Gasteiger partial charge is 0.271 e. The number of thiophene rings is 1. The average molecular weight is 318 g/mol. The topological polar surface area (TPSA) is 38.0 Å². The number of halogens is 4. The maximum atomic E-state index is 13.3. The molecular formula is C14H14F4N2S. The van der Waals surface area contributed by atoms with E-state index in [1.807, 2.05) is 16.8 Å². The molecule has 3 N–H and O–H groups in total. The summed E-state index contributed by atoms with van der Waals surface area (Å²) >= 11 is 1.51. The highest BCUT2D eigenvalue weighted by Gasteiger charge is 2.35. The van der Waals surface area contributed by atoms with Gasteiger partial charge in [-0.25, -0.2) is 4.39 Å². The van der Waals surface area contributed by atoms with E-state index >= 15 is 0 Å². The molecule has 1 aromatic carbocycles. The monoisotopic (exact) mass is 318 g/mol. The summed E-state index contributed by atoms with van der Waals surface area (Å²) in [6, 6.07) is 3.57. The van der Waals surface area contributed by atoms with E-state index < -0.39 is 23.6 Å². The van der Waals surface area contributed by atoms with Crippen LogP contribution in [0.2, 0.25) is 0 Å². The summed E-state index contributed by atoms with van der Waals surface area (Å²) < 4.78 is 52.3. The van der Waals surface area contributed by atoms with E-state index in [4.69, 9.17) is 5.84 Å². The molecule has 114 valence electrons. The van der Waals surface area contributed by atoms with Gasteiger partial charge >= 0.3 is 6.18 Å². The molecule has 0 aliphatic carbocycles. The minimum atomic E-state index is -4.54. The van der Waals surface area contributed by atoms with Crippen LogP contribution in [0.15, 0.2) is 35.0 Å². The molecule has 7 heteroatoms. The Morgan fingerprint density at radius 3 is 2.57 bits per heavy atom. The van der Waals surface area contributed by atoms with Crippen molar-refractivity contribution in [2.24, 2.45) is 5.84 Å². The summed E-state index contributed by atoms with van der Waals surface area (Å²) in [7, 11) is 0. The first-order valence-electron chi connectivity index (χ1n) is 6.25. The van der Waals surface area contributed by atoms with Gasteiger partial charge in [-0.2, -0.15) is 24.5 Å². The molecule has 0 saturated carbocycles. The zero-order valence-corrected chi connectivity index (χ0v) is 11.8. The summed E-state index contributed by atoms with van der Waals surface area (Å²) in [5.41, 5.74) is 2.35. The maximum Gasteiger partial charge on any atom is 0.416 e. The van der Waals surface area contributed by atoms with Crippen LogP contribution >= 0.6 is 11.3 Å². The van der Waals surface area contributed by atoms with Crippen molar-refractivity contribution in [1.29, 1.82) is 0 Å². The van der Waals surface area contributed by atoms with Crippen molar-refractivity contribution >= 4 is 11.3 Å². The Hall–Kier alpha value is -1.44. The minimum absolute atomic E-state index is 0.166. The zero-order chi connectivity index (χ0) is 15.5. The standard InChI is InChI=1S/C14H14F4N2S/c15-10-2-3-12(14(16,17)18)11(7-10)13(20-19)4-1-9-5-6-21-8-9/h2-3,5-8,13,20H,1,4,19H2. The lowest BCUT2D eigenvalue weighted by atomic mass is 9.95. The minimum Gasteiger partial charge on any atom is -0.271 e. The second-order valence-corrected chi connectivity index (χ2v) is 5.40. The van der Waals surface area contributed by atoms with Crippen LogP contribution in [0.25, 0.3) is 0 Å². The molecule has 2 rings (SSSR count). The second kappa shape index (κ2) is 6.55. The first-order valence-corrected chi connectivity index (χ1v) is 7.20. The predicted octanol–water partition coefficient (Wildman–Crippen LogP) is 4.04. The van der Waals surface area contributed by atoms with Gasteiger partial charge in [0.25, 0.3) is 0 Å². The van der Waals surface area contributed by atoms with Gasteiger partial charge in [0.1, 0.15) is 5.82 Å². The number of rotatable bonds is 5. The molecule has 1 atom stereocenters. The third-order valence-electron chi connectivity index (χ3n) is 3.20. The van der Waals surface area contributed by atoms with Crippen molar-refractivity contribution in [2.75, 3.05) is 0 Å². The molecule has 0 radical (unpaired) electrons. The Balaban J connectivity index is 2.26. The summed E-state index contributed by atoms with van der Waals surface area (Å²) in [6.45, 7) is 0. The number of hydrogen-bond donors (Lipinski definition) is 2. The van der Waals surface area contributed by atoms with Crippen LogP contribution in [0.4, 0.5) is 17.6 Å². The number of aryl methyl sites for hydroxylation is 1. The fraction of sp³-hybridized carbons (Fsp3) is 0.286. The lowest BCUT2D eigenvalue weighted by molar-refractivity contribution is -0.138. The molecule has 0 amide bonds. The lowest BCUT2D eigenvalue weighted by Crippen LogP contribution is -2.30. The first-order chi connectivity index (χ1) is 9.91. The molecular weight excluding hydrogens is 304 g/mol. The van der Waals surface area contributed by atoms with Crippen LogP contribution in [0.5, 0.6) is 0 Å². The number of hydrogen-bond acceptors (Lipinski definition) is 3. The van der Waals surface area contributed by atoms with E-state index in [0.29, 0.717) is 12.8 Å². The molecule has 0 spiro atoms. The molecule has 2 nitrogen and oxygen atoms in total. The molecule has 0 fully saturated rings. The van der Waals surface area contributed by atoms with Gasteiger partial charge in [0.15, 0.2) is 0 Å². The Kier molecular flexibility index (Phi) is 4.97. The maximum absolute atomic E-state index is 13.3. The van der Waals surface area contributed by atoms with Crippen LogP contribution in [0.1, 0.15) is 29.2 Å². The highest BCUT2D eigenvalue weighted by molar-refractivity contribution is 7.07.